The minimum atomic E-state index is -1.41. The van der Waals surface area contributed by atoms with Crippen molar-refractivity contribution in [3.8, 4) is 17.2 Å². The van der Waals surface area contributed by atoms with E-state index in [2.05, 4.69) is 0 Å². The van der Waals surface area contributed by atoms with Gasteiger partial charge in [-0.05, 0) is 43.3 Å². The summed E-state index contributed by atoms with van der Waals surface area (Å²) in [6.45, 7) is 1.47. The normalized spacial score (nSPS) is 9.96. The number of Topliss-reactive ketones (excluding diaryl/α,β-unsaturated/α-hetero) is 1. The van der Waals surface area contributed by atoms with Crippen molar-refractivity contribution in [3.63, 3.8) is 0 Å². The summed E-state index contributed by atoms with van der Waals surface area (Å²) in [6.07, 6.45) is 0. The monoisotopic (exact) mass is 344 g/mol. The highest BCUT2D eigenvalue weighted by atomic mass is 16.5. The molecule has 0 unspecified atom stereocenters. The van der Waals surface area contributed by atoms with E-state index in [1.165, 1.54) is 31.2 Å². The van der Waals surface area contributed by atoms with Crippen LogP contribution in [0.1, 0.15) is 38.0 Å². The average Bonchev–Trinajstić information content (AvgIpc) is 2.56. The van der Waals surface area contributed by atoms with E-state index in [4.69, 9.17) is 19.7 Å². The summed E-state index contributed by atoms with van der Waals surface area (Å²) in [5.74, 6) is -2.85. The van der Waals surface area contributed by atoms with Gasteiger partial charge in [0.2, 0.25) is 0 Å². The minimum Gasteiger partial charge on any atom is -0.478 e. The third-order valence-corrected chi connectivity index (χ3v) is 3.19. The summed E-state index contributed by atoms with van der Waals surface area (Å²) in [6, 6.07) is 7.55. The van der Waals surface area contributed by atoms with Gasteiger partial charge in [0.05, 0.1) is 16.7 Å². The molecule has 0 radical (unpaired) electrons. The van der Waals surface area contributed by atoms with E-state index >= 15 is 0 Å². The average molecular weight is 344 g/mol. The van der Waals surface area contributed by atoms with Crippen molar-refractivity contribution in [2.75, 3.05) is 0 Å². The van der Waals surface area contributed by atoms with Gasteiger partial charge in [-0.15, -0.1) is 0 Å². The topological polar surface area (TPSA) is 127 Å². The van der Waals surface area contributed by atoms with Crippen molar-refractivity contribution in [3.05, 3.63) is 53.1 Å². The number of carbonyl (C=O) groups is 4. The predicted octanol–water partition coefficient (Wildman–Crippen LogP) is 2.61. The first kappa shape index (κ1) is 17.7. The first-order chi connectivity index (χ1) is 11.8. The zero-order chi connectivity index (χ0) is 18.6. The molecule has 8 nitrogen and oxygen atoms in total. The number of ketones is 1. The maximum Gasteiger partial charge on any atom is 0.336 e. The second-order valence-electron chi connectivity index (χ2n) is 4.85. The van der Waals surface area contributed by atoms with Crippen LogP contribution in [0.5, 0.6) is 17.2 Å². The first-order valence-electron chi connectivity index (χ1n) is 6.87. The van der Waals surface area contributed by atoms with Crippen LogP contribution in [0.2, 0.25) is 0 Å². The van der Waals surface area contributed by atoms with Crippen LogP contribution < -0.4 is 9.47 Å². The molecule has 0 heterocycles. The van der Waals surface area contributed by atoms with E-state index in [9.17, 15) is 19.2 Å². The standard InChI is InChI=1S/C17H12O8/c1-9(19)13-6-11(3-5-15(13)24-8-18)25-10-2-4-12(16(20)21)14(7-10)17(22)23/h2-8H,1H3,(H,20,21)(H,22,23). The second-order valence-corrected chi connectivity index (χ2v) is 4.85. The molecule has 128 valence electrons. The third-order valence-electron chi connectivity index (χ3n) is 3.19. The quantitative estimate of drug-likeness (QED) is 0.579. The van der Waals surface area contributed by atoms with Crippen molar-refractivity contribution in [1.29, 1.82) is 0 Å². The van der Waals surface area contributed by atoms with Crippen LogP contribution in [-0.4, -0.2) is 34.4 Å². The van der Waals surface area contributed by atoms with E-state index in [0.717, 1.165) is 12.1 Å². The van der Waals surface area contributed by atoms with Gasteiger partial charge in [0.1, 0.15) is 17.2 Å². The molecule has 0 aromatic heterocycles. The van der Waals surface area contributed by atoms with Gasteiger partial charge in [0.25, 0.3) is 6.47 Å². The van der Waals surface area contributed by atoms with Crippen LogP contribution in [0.15, 0.2) is 36.4 Å². The number of carbonyl (C=O) groups excluding carboxylic acids is 2. The van der Waals surface area contributed by atoms with Crippen LogP contribution in [0.4, 0.5) is 0 Å². The first-order valence-corrected chi connectivity index (χ1v) is 6.87. The Kier molecular flexibility index (Phi) is 5.13. The van der Waals surface area contributed by atoms with E-state index in [0.29, 0.717) is 0 Å². The molecule has 0 bridgehead atoms. The molecule has 25 heavy (non-hydrogen) atoms. The molecule has 2 aromatic rings. The van der Waals surface area contributed by atoms with Gasteiger partial charge in [0, 0.05) is 0 Å². The van der Waals surface area contributed by atoms with Gasteiger partial charge < -0.3 is 19.7 Å². The maximum atomic E-state index is 11.6. The Morgan fingerprint density at radius 3 is 1.96 bits per heavy atom. The molecule has 0 saturated carbocycles. The number of rotatable bonds is 7. The fourth-order valence-corrected chi connectivity index (χ4v) is 2.09. The lowest BCUT2D eigenvalue weighted by molar-refractivity contribution is -0.120. The number of aromatic carboxylic acids is 2. The number of ether oxygens (including phenoxy) is 2. The van der Waals surface area contributed by atoms with E-state index in [-0.39, 0.29) is 40.6 Å². The molecule has 0 aliphatic carbocycles. The van der Waals surface area contributed by atoms with Crippen LogP contribution in [0.3, 0.4) is 0 Å². The van der Waals surface area contributed by atoms with E-state index in [1.807, 2.05) is 0 Å². The van der Waals surface area contributed by atoms with Crippen molar-refractivity contribution >= 4 is 24.2 Å². The lowest BCUT2D eigenvalue weighted by Crippen LogP contribution is -2.08. The number of hydrogen-bond donors (Lipinski definition) is 2. The molecule has 0 amide bonds. The highest BCUT2D eigenvalue weighted by Crippen LogP contribution is 2.29. The van der Waals surface area contributed by atoms with Crippen LogP contribution in [-0.2, 0) is 4.79 Å². The fourth-order valence-electron chi connectivity index (χ4n) is 2.09. The second kappa shape index (κ2) is 7.26. The molecular formula is C17H12O8. The number of benzene rings is 2. The lowest BCUT2D eigenvalue weighted by Gasteiger charge is -2.10. The molecule has 2 rings (SSSR count). The molecule has 0 fully saturated rings. The van der Waals surface area contributed by atoms with Crippen molar-refractivity contribution in [2.45, 2.75) is 6.92 Å². The highest BCUT2D eigenvalue weighted by molar-refractivity contribution is 6.02. The van der Waals surface area contributed by atoms with Crippen LogP contribution >= 0.6 is 0 Å². The summed E-state index contributed by atoms with van der Waals surface area (Å²) in [7, 11) is 0. The molecule has 0 aliphatic heterocycles. The number of carboxylic acid groups (broad SMARTS) is 2. The number of hydrogen-bond acceptors (Lipinski definition) is 6. The number of carboxylic acids is 2. The summed E-state index contributed by atoms with van der Waals surface area (Å²) in [5, 5.41) is 18.1. The SMILES string of the molecule is CC(=O)c1cc(Oc2ccc(C(=O)O)c(C(=O)O)c2)ccc1OC=O. The molecule has 8 heteroatoms. The summed E-state index contributed by atoms with van der Waals surface area (Å²) in [5.41, 5.74) is -0.707. The summed E-state index contributed by atoms with van der Waals surface area (Å²) < 4.78 is 10.2. The zero-order valence-electron chi connectivity index (χ0n) is 12.9. The molecule has 0 spiro atoms. The maximum absolute atomic E-state index is 11.6. The minimum absolute atomic E-state index is 0.0577. The third kappa shape index (κ3) is 3.99. The smallest absolute Gasteiger partial charge is 0.336 e. The Balaban J connectivity index is 2.39. The predicted molar refractivity (Wildman–Crippen MR) is 83.6 cm³/mol. The molecule has 0 saturated heterocycles. The fraction of sp³-hybridized carbons (Fsp3) is 0.0588. The van der Waals surface area contributed by atoms with E-state index < -0.39 is 17.5 Å². The van der Waals surface area contributed by atoms with Crippen LogP contribution in [0, 0.1) is 0 Å². The van der Waals surface area contributed by atoms with Gasteiger partial charge in [0.15, 0.2) is 5.78 Å². The van der Waals surface area contributed by atoms with Gasteiger partial charge in [-0.2, -0.15) is 0 Å². The lowest BCUT2D eigenvalue weighted by atomic mass is 10.1. The van der Waals surface area contributed by atoms with Gasteiger partial charge in [-0.1, -0.05) is 0 Å². The van der Waals surface area contributed by atoms with Crippen molar-refractivity contribution < 1.29 is 38.9 Å². The Labute approximate surface area is 141 Å². The highest BCUT2D eigenvalue weighted by Gasteiger charge is 2.17. The van der Waals surface area contributed by atoms with Gasteiger partial charge in [-0.3, -0.25) is 9.59 Å². The Morgan fingerprint density at radius 2 is 1.44 bits per heavy atom. The van der Waals surface area contributed by atoms with Crippen molar-refractivity contribution in [2.24, 2.45) is 0 Å². The van der Waals surface area contributed by atoms with Gasteiger partial charge in [-0.25, -0.2) is 9.59 Å². The molecule has 2 N–H and O–H groups in total. The largest absolute Gasteiger partial charge is 0.478 e. The summed E-state index contributed by atoms with van der Waals surface area (Å²) in [4.78, 5) is 44.3. The van der Waals surface area contributed by atoms with Crippen molar-refractivity contribution in [1.82, 2.24) is 0 Å². The molecule has 0 atom stereocenters. The molecular weight excluding hydrogens is 332 g/mol. The van der Waals surface area contributed by atoms with E-state index in [1.54, 1.807) is 0 Å². The molecule has 0 aliphatic rings. The summed E-state index contributed by atoms with van der Waals surface area (Å²) >= 11 is 0. The molecule has 2 aromatic carbocycles. The Hall–Kier alpha value is -3.68. The Morgan fingerprint density at radius 1 is 0.880 bits per heavy atom. The van der Waals surface area contributed by atoms with Crippen LogP contribution in [0.25, 0.3) is 0 Å². The Bertz CT molecular complexity index is 869. The zero-order valence-corrected chi connectivity index (χ0v) is 12.9. The van der Waals surface area contributed by atoms with Gasteiger partial charge >= 0.3 is 11.9 Å².